The molecule has 0 fully saturated rings. The lowest BCUT2D eigenvalue weighted by molar-refractivity contribution is -0.139. The van der Waals surface area contributed by atoms with Gasteiger partial charge in [0.1, 0.15) is 5.54 Å². The average Bonchev–Trinajstić information content (AvgIpc) is 2.35. The molecule has 1 unspecified atom stereocenters. The Balaban J connectivity index is 0.00000484. The Hall–Kier alpha value is -1.11. The van der Waals surface area contributed by atoms with Gasteiger partial charge >= 0.3 is 0 Å². The van der Waals surface area contributed by atoms with Crippen LogP contribution in [0.5, 0.6) is 0 Å². The summed E-state index contributed by atoms with van der Waals surface area (Å²) in [5.41, 5.74) is 5.38. The summed E-state index contributed by atoms with van der Waals surface area (Å²) in [6.07, 6.45) is 0. The van der Waals surface area contributed by atoms with E-state index in [4.69, 9.17) is 5.73 Å². The lowest BCUT2D eigenvalue weighted by Gasteiger charge is -2.30. The summed E-state index contributed by atoms with van der Waals surface area (Å²) >= 11 is 3.35. The van der Waals surface area contributed by atoms with Gasteiger partial charge in [-0.3, -0.25) is 9.59 Å². The zero-order valence-electron chi connectivity index (χ0n) is 14.1. The number of halogens is 2. The molecule has 1 atom stereocenters. The SMILES string of the molecule is CN(CC(=O)NC(C)(C)C)C(=O)C(C)(N)c1ccc(Br)cc1.Cl. The third-order valence-electron chi connectivity index (χ3n) is 3.13. The Bertz CT molecular complexity index is 553. The maximum absolute atomic E-state index is 12.6. The molecule has 2 amide bonds. The second kappa shape index (κ2) is 8.13. The summed E-state index contributed by atoms with van der Waals surface area (Å²) in [7, 11) is 1.58. The molecule has 0 saturated heterocycles. The van der Waals surface area contributed by atoms with Crippen LogP contribution in [-0.2, 0) is 15.1 Å². The van der Waals surface area contributed by atoms with Crippen molar-refractivity contribution in [2.75, 3.05) is 13.6 Å². The van der Waals surface area contributed by atoms with Crippen LogP contribution in [0.3, 0.4) is 0 Å². The molecular formula is C16H25BrClN3O2. The maximum Gasteiger partial charge on any atom is 0.247 e. The minimum atomic E-state index is -1.18. The fourth-order valence-electron chi connectivity index (χ4n) is 2.06. The molecule has 0 spiro atoms. The molecule has 7 heteroatoms. The highest BCUT2D eigenvalue weighted by molar-refractivity contribution is 9.10. The molecule has 0 heterocycles. The van der Waals surface area contributed by atoms with Crippen molar-refractivity contribution in [1.82, 2.24) is 10.2 Å². The van der Waals surface area contributed by atoms with Gasteiger partial charge in [0.15, 0.2) is 0 Å². The Labute approximate surface area is 152 Å². The van der Waals surface area contributed by atoms with Crippen molar-refractivity contribution in [1.29, 1.82) is 0 Å². The van der Waals surface area contributed by atoms with Gasteiger partial charge in [-0.15, -0.1) is 12.4 Å². The molecule has 1 aromatic carbocycles. The normalized spacial score (nSPS) is 13.5. The van der Waals surface area contributed by atoms with Crippen molar-refractivity contribution in [2.45, 2.75) is 38.8 Å². The van der Waals surface area contributed by atoms with Crippen LogP contribution in [0.15, 0.2) is 28.7 Å². The van der Waals surface area contributed by atoms with E-state index < -0.39 is 5.54 Å². The largest absolute Gasteiger partial charge is 0.350 e. The number of nitrogens with one attached hydrogen (secondary N) is 1. The van der Waals surface area contributed by atoms with Gasteiger partial charge in [-0.05, 0) is 45.4 Å². The molecule has 0 radical (unpaired) electrons. The van der Waals surface area contributed by atoms with Crippen molar-refractivity contribution >= 4 is 40.2 Å². The van der Waals surface area contributed by atoms with Crippen molar-refractivity contribution in [3.05, 3.63) is 34.3 Å². The number of nitrogens with two attached hydrogens (primary N) is 1. The van der Waals surface area contributed by atoms with Gasteiger partial charge in [0.25, 0.3) is 0 Å². The van der Waals surface area contributed by atoms with E-state index in [1.807, 2.05) is 32.9 Å². The fourth-order valence-corrected chi connectivity index (χ4v) is 2.33. The Morgan fingerprint density at radius 1 is 1.17 bits per heavy atom. The number of carbonyl (C=O) groups is 2. The fraction of sp³-hybridized carbons (Fsp3) is 0.500. The number of rotatable bonds is 4. The molecule has 0 aliphatic heterocycles. The van der Waals surface area contributed by atoms with E-state index in [0.717, 1.165) is 4.47 Å². The standard InChI is InChI=1S/C16H24BrN3O2.ClH/c1-15(2,3)19-13(21)10-20(5)14(22)16(4,18)11-6-8-12(17)9-7-11;/h6-9H,10,18H2,1-5H3,(H,19,21);1H. The molecule has 1 rings (SSSR count). The van der Waals surface area contributed by atoms with Gasteiger partial charge in [0, 0.05) is 17.1 Å². The molecule has 23 heavy (non-hydrogen) atoms. The first-order chi connectivity index (χ1) is 9.93. The molecule has 0 aromatic heterocycles. The molecule has 0 saturated carbocycles. The van der Waals surface area contributed by atoms with Gasteiger partial charge < -0.3 is 16.0 Å². The number of amides is 2. The third-order valence-corrected chi connectivity index (χ3v) is 3.66. The van der Waals surface area contributed by atoms with E-state index >= 15 is 0 Å². The lowest BCUT2D eigenvalue weighted by Crippen LogP contribution is -2.53. The van der Waals surface area contributed by atoms with Crippen LogP contribution in [0.1, 0.15) is 33.3 Å². The molecule has 130 valence electrons. The molecule has 3 N–H and O–H groups in total. The highest BCUT2D eigenvalue weighted by Crippen LogP contribution is 2.22. The smallest absolute Gasteiger partial charge is 0.247 e. The number of carbonyl (C=O) groups excluding carboxylic acids is 2. The van der Waals surface area contributed by atoms with Crippen LogP contribution >= 0.6 is 28.3 Å². The molecule has 5 nitrogen and oxygen atoms in total. The maximum atomic E-state index is 12.6. The Kier molecular flexibility index (Phi) is 7.73. The van der Waals surface area contributed by atoms with Gasteiger partial charge in [-0.25, -0.2) is 0 Å². The van der Waals surface area contributed by atoms with Crippen molar-refractivity contribution in [3.63, 3.8) is 0 Å². The van der Waals surface area contributed by atoms with Crippen LogP contribution < -0.4 is 11.1 Å². The van der Waals surface area contributed by atoms with Crippen LogP contribution in [0, 0.1) is 0 Å². The number of benzene rings is 1. The second-order valence-electron chi connectivity index (χ2n) is 6.67. The predicted molar refractivity (Wildman–Crippen MR) is 98.5 cm³/mol. The summed E-state index contributed by atoms with van der Waals surface area (Å²) in [6.45, 7) is 7.29. The number of hydrogen-bond acceptors (Lipinski definition) is 3. The van der Waals surface area contributed by atoms with Gasteiger partial charge in [-0.2, -0.15) is 0 Å². The zero-order valence-corrected chi connectivity index (χ0v) is 16.5. The van der Waals surface area contributed by atoms with Gasteiger partial charge in [-0.1, -0.05) is 28.1 Å². The van der Waals surface area contributed by atoms with E-state index in [9.17, 15) is 9.59 Å². The highest BCUT2D eigenvalue weighted by atomic mass is 79.9. The summed E-state index contributed by atoms with van der Waals surface area (Å²) in [4.78, 5) is 25.8. The second-order valence-corrected chi connectivity index (χ2v) is 7.58. The van der Waals surface area contributed by atoms with E-state index in [1.54, 1.807) is 26.1 Å². The van der Waals surface area contributed by atoms with Gasteiger partial charge in [0.2, 0.25) is 11.8 Å². The topological polar surface area (TPSA) is 75.4 Å². The van der Waals surface area contributed by atoms with E-state index in [0.29, 0.717) is 5.56 Å². The summed E-state index contributed by atoms with van der Waals surface area (Å²) < 4.78 is 0.914. The van der Waals surface area contributed by atoms with Crippen molar-refractivity contribution in [2.24, 2.45) is 5.73 Å². The third kappa shape index (κ3) is 6.49. The number of nitrogens with zero attached hydrogens (tertiary/aromatic N) is 1. The molecule has 0 aliphatic rings. The van der Waals surface area contributed by atoms with Crippen molar-refractivity contribution in [3.8, 4) is 0 Å². The van der Waals surface area contributed by atoms with E-state index in [1.165, 1.54) is 4.90 Å². The first kappa shape index (κ1) is 21.9. The average molecular weight is 407 g/mol. The summed E-state index contributed by atoms with van der Waals surface area (Å²) in [5.74, 6) is -0.520. The first-order valence-electron chi connectivity index (χ1n) is 7.05. The number of hydrogen-bond donors (Lipinski definition) is 2. The minimum Gasteiger partial charge on any atom is -0.350 e. The number of likely N-dealkylation sites (N-methyl/N-ethyl adjacent to an activating group) is 1. The monoisotopic (exact) mass is 405 g/mol. The molecule has 1 aromatic rings. The zero-order chi connectivity index (χ0) is 17.1. The molecular weight excluding hydrogens is 382 g/mol. The molecule has 0 aliphatic carbocycles. The molecule has 0 bridgehead atoms. The predicted octanol–water partition coefficient (Wildman–Crippen LogP) is 2.42. The van der Waals surface area contributed by atoms with Crippen LogP contribution in [0.25, 0.3) is 0 Å². The van der Waals surface area contributed by atoms with E-state index in [-0.39, 0.29) is 36.3 Å². The van der Waals surface area contributed by atoms with Crippen LogP contribution in [0.4, 0.5) is 0 Å². The summed E-state index contributed by atoms with van der Waals surface area (Å²) in [6, 6.07) is 7.26. The summed E-state index contributed by atoms with van der Waals surface area (Å²) in [5, 5.41) is 2.82. The van der Waals surface area contributed by atoms with Crippen LogP contribution in [0.2, 0.25) is 0 Å². The van der Waals surface area contributed by atoms with Crippen LogP contribution in [-0.4, -0.2) is 35.8 Å². The van der Waals surface area contributed by atoms with E-state index in [2.05, 4.69) is 21.2 Å². The lowest BCUT2D eigenvalue weighted by atomic mass is 9.92. The first-order valence-corrected chi connectivity index (χ1v) is 7.84. The highest BCUT2D eigenvalue weighted by Gasteiger charge is 2.34. The minimum absolute atomic E-state index is 0. The Morgan fingerprint density at radius 2 is 1.65 bits per heavy atom. The Morgan fingerprint density at radius 3 is 2.09 bits per heavy atom. The quantitative estimate of drug-likeness (QED) is 0.806. The van der Waals surface area contributed by atoms with Crippen molar-refractivity contribution < 1.29 is 9.59 Å². The van der Waals surface area contributed by atoms with Gasteiger partial charge in [0.05, 0.1) is 6.54 Å².